The number of aromatic nitrogens is 2. The fraction of sp³-hybridized carbons (Fsp3) is 0.444. The Morgan fingerprint density at radius 2 is 2.29 bits per heavy atom. The number of aryl methyl sites for hydroxylation is 1. The fourth-order valence-electron chi connectivity index (χ4n) is 3.17. The van der Waals surface area contributed by atoms with Crippen LogP contribution in [0.15, 0.2) is 36.7 Å². The maximum Gasteiger partial charge on any atom is 0.224 e. The van der Waals surface area contributed by atoms with Crippen LogP contribution in [0.3, 0.4) is 0 Å². The van der Waals surface area contributed by atoms with Crippen LogP contribution in [-0.2, 0) is 18.3 Å². The summed E-state index contributed by atoms with van der Waals surface area (Å²) >= 11 is 0. The van der Waals surface area contributed by atoms with Gasteiger partial charge in [0.15, 0.2) is 0 Å². The molecule has 1 atom stereocenters. The van der Waals surface area contributed by atoms with Crippen molar-refractivity contribution in [3.8, 4) is 5.75 Å². The summed E-state index contributed by atoms with van der Waals surface area (Å²) in [6, 6.07) is 7.40. The number of nitrogens with zero attached hydrogens (tertiary/aromatic N) is 2. The van der Waals surface area contributed by atoms with E-state index in [0.717, 1.165) is 16.9 Å². The van der Waals surface area contributed by atoms with Gasteiger partial charge >= 0.3 is 0 Å². The minimum absolute atomic E-state index is 0.0431. The molecule has 1 aliphatic carbocycles. The lowest BCUT2D eigenvalue weighted by atomic mass is 9.75. The van der Waals surface area contributed by atoms with Gasteiger partial charge < -0.3 is 15.2 Å². The van der Waals surface area contributed by atoms with Crippen LogP contribution >= 0.6 is 0 Å². The summed E-state index contributed by atoms with van der Waals surface area (Å²) in [4.78, 5) is 12.5. The Morgan fingerprint density at radius 1 is 1.50 bits per heavy atom. The third kappa shape index (κ3) is 3.76. The summed E-state index contributed by atoms with van der Waals surface area (Å²) < 4.78 is 6.92. The monoisotopic (exact) mass is 329 g/mol. The second-order valence-electron chi connectivity index (χ2n) is 6.41. The van der Waals surface area contributed by atoms with Crippen molar-refractivity contribution in [1.82, 2.24) is 15.1 Å². The molecule has 1 aliphatic rings. The highest BCUT2D eigenvalue weighted by Gasteiger charge is 2.36. The zero-order valence-electron chi connectivity index (χ0n) is 14.0. The molecular weight excluding hydrogens is 306 g/mol. The van der Waals surface area contributed by atoms with Gasteiger partial charge in [0, 0.05) is 18.8 Å². The quantitative estimate of drug-likeness (QED) is 0.844. The van der Waals surface area contributed by atoms with E-state index in [2.05, 4.69) is 10.4 Å². The van der Waals surface area contributed by atoms with E-state index >= 15 is 0 Å². The standard InChI is InChI=1S/C18H23N3O3/c1-21-11-14(10-19-21)18(13-8-15(22)9-13)20-17(23)7-12-4-3-5-16(6-12)24-2/h3-6,10-11,13,15,18,22H,7-9H2,1-2H3,(H,20,23)/t13?,15?,18-/m0/s1. The van der Waals surface area contributed by atoms with Crippen molar-refractivity contribution in [2.75, 3.05) is 7.11 Å². The Morgan fingerprint density at radius 3 is 2.92 bits per heavy atom. The van der Waals surface area contributed by atoms with E-state index in [1.165, 1.54) is 0 Å². The van der Waals surface area contributed by atoms with E-state index in [-0.39, 0.29) is 24.0 Å². The Kier molecular flexibility index (Phi) is 4.85. The van der Waals surface area contributed by atoms with Crippen molar-refractivity contribution in [3.63, 3.8) is 0 Å². The Balaban J connectivity index is 1.68. The second kappa shape index (κ2) is 7.05. The van der Waals surface area contributed by atoms with Crippen molar-refractivity contribution in [2.24, 2.45) is 13.0 Å². The predicted molar refractivity (Wildman–Crippen MR) is 89.5 cm³/mol. The average molecular weight is 329 g/mol. The number of aliphatic hydroxyl groups is 1. The molecule has 0 spiro atoms. The number of nitrogens with one attached hydrogen (secondary N) is 1. The van der Waals surface area contributed by atoms with E-state index in [1.54, 1.807) is 18.0 Å². The number of hydrogen-bond donors (Lipinski definition) is 2. The number of rotatable bonds is 6. The zero-order valence-corrected chi connectivity index (χ0v) is 14.0. The molecule has 1 aromatic carbocycles. The topological polar surface area (TPSA) is 76.4 Å². The molecule has 0 bridgehead atoms. The summed E-state index contributed by atoms with van der Waals surface area (Å²) in [5.41, 5.74) is 1.89. The van der Waals surface area contributed by atoms with Crippen LogP contribution in [-0.4, -0.2) is 34.0 Å². The highest BCUT2D eigenvalue weighted by molar-refractivity contribution is 5.79. The number of carbonyl (C=O) groups excluding carboxylic acids is 1. The predicted octanol–water partition coefficient (Wildman–Crippen LogP) is 1.60. The largest absolute Gasteiger partial charge is 0.497 e. The molecule has 1 aromatic heterocycles. The molecule has 0 aliphatic heterocycles. The maximum absolute atomic E-state index is 12.5. The number of methoxy groups -OCH3 is 1. The molecular formula is C18H23N3O3. The van der Waals surface area contributed by atoms with Crippen molar-refractivity contribution in [3.05, 3.63) is 47.8 Å². The van der Waals surface area contributed by atoms with Crippen LogP contribution < -0.4 is 10.1 Å². The molecule has 1 fully saturated rings. The summed E-state index contributed by atoms with van der Waals surface area (Å²) in [6.07, 6.45) is 5.15. The molecule has 1 amide bonds. The summed E-state index contributed by atoms with van der Waals surface area (Å²) in [5, 5.41) is 16.9. The van der Waals surface area contributed by atoms with Gasteiger partial charge in [-0.15, -0.1) is 0 Å². The lowest BCUT2D eigenvalue weighted by Crippen LogP contribution is -2.41. The molecule has 0 radical (unpaired) electrons. The van der Waals surface area contributed by atoms with Crippen LogP contribution in [0.5, 0.6) is 5.75 Å². The van der Waals surface area contributed by atoms with Crippen molar-refractivity contribution in [1.29, 1.82) is 0 Å². The number of ether oxygens (including phenoxy) is 1. The van der Waals surface area contributed by atoms with Gasteiger partial charge in [-0.3, -0.25) is 9.48 Å². The SMILES string of the molecule is COc1cccc(CC(=O)N[C@H](c2cnn(C)c2)C2CC(O)C2)c1. The third-order valence-corrected chi connectivity index (χ3v) is 4.52. The molecule has 128 valence electrons. The smallest absolute Gasteiger partial charge is 0.224 e. The number of carbonyl (C=O) groups is 1. The van der Waals surface area contributed by atoms with Gasteiger partial charge in [0.2, 0.25) is 5.91 Å². The summed E-state index contributed by atoms with van der Waals surface area (Å²) in [7, 11) is 3.47. The third-order valence-electron chi connectivity index (χ3n) is 4.52. The van der Waals surface area contributed by atoms with Crippen LogP contribution in [0.2, 0.25) is 0 Å². The van der Waals surface area contributed by atoms with E-state index in [4.69, 9.17) is 4.74 Å². The minimum atomic E-state index is -0.260. The number of hydrogen-bond acceptors (Lipinski definition) is 4. The normalized spacial score (nSPS) is 21.0. The molecule has 2 aromatic rings. The Bertz CT molecular complexity index is 707. The van der Waals surface area contributed by atoms with Crippen molar-refractivity contribution in [2.45, 2.75) is 31.4 Å². The van der Waals surface area contributed by atoms with E-state index in [0.29, 0.717) is 19.3 Å². The number of benzene rings is 1. The zero-order chi connectivity index (χ0) is 17.1. The molecule has 24 heavy (non-hydrogen) atoms. The number of amides is 1. The van der Waals surface area contributed by atoms with Gasteiger partial charge in [-0.2, -0.15) is 5.10 Å². The average Bonchev–Trinajstić information content (AvgIpc) is 2.96. The molecule has 1 heterocycles. The van der Waals surface area contributed by atoms with Gasteiger partial charge in [0.05, 0.1) is 31.9 Å². The van der Waals surface area contributed by atoms with Gasteiger partial charge in [-0.05, 0) is 36.5 Å². The lowest BCUT2D eigenvalue weighted by molar-refractivity contribution is -0.122. The van der Waals surface area contributed by atoms with Crippen LogP contribution in [0, 0.1) is 5.92 Å². The first-order chi connectivity index (χ1) is 11.5. The molecule has 0 saturated heterocycles. The minimum Gasteiger partial charge on any atom is -0.497 e. The first-order valence-electron chi connectivity index (χ1n) is 8.14. The molecule has 3 rings (SSSR count). The Labute approximate surface area is 141 Å². The second-order valence-corrected chi connectivity index (χ2v) is 6.41. The molecule has 0 unspecified atom stereocenters. The van der Waals surface area contributed by atoms with Crippen LogP contribution in [0.1, 0.15) is 30.0 Å². The first kappa shape index (κ1) is 16.5. The van der Waals surface area contributed by atoms with E-state index in [9.17, 15) is 9.90 Å². The van der Waals surface area contributed by atoms with Gasteiger partial charge in [0.1, 0.15) is 5.75 Å². The molecule has 6 heteroatoms. The number of aliphatic hydroxyl groups excluding tert-OH is 1. The highest BCUT2D eigenvalue weighted by Crippen LogP contribution is 2.38. The van der Waals surface area contributed by atoms with E-state index in [1.807, 2.05) is 37.5 Å². The maximum atomic E-state index is 12.5. The summed E-state index contributed by atoms with van der Waals surface area (Å²) in [6.45, 7) is 0. The molecule has 1 saturated carbocycles. The summed E-state index contributed by atoms with van der Waals surface area (Å²) in [5.74, 6) is 0.947. The van der Waals surface area contributed by atoms with Crippen LogP contribution in [0.4, 0.5) is 0 Å². The highest BCUT2D eigenvalue weighted by atomic mass is 16.5. The van der Waals surface area contributed by atoms with E-state index < -0.39 is 0 Å². The first-order valence-corrected chi connectivity index (χ1v) is 8.14. The Hall–Kier alpha value is -2.34. The molecule has 2 N–H and O–H groups in total. The lowest BCUT2D eigenvalue weighted by Gasteiger charge is -2.37. The fourth-order valence-corrected chi connectivity index (χ4v) is 3.17. The van der Waals surface area contributed by atoms with Crippen molar-refractivity contribution < 1.29 is 14.6 Å². The van der Waals surface area contributed by atoms with Gasteiger partial charge in [0.25, 0.3) is 0 Å². The van der Waals surface area contributed by atoms with Gasteiger partial charge in [-0.25, -0.2) is 0 Å². The van der Waals surface area contributed by atoms with Crippen LogP contribution in [0.25, 0.3) is 0 Å². The molecule has 6 nitrogen and oxygen atoms in total. The van der Waals surface area contributed by atoms with Crippen molar-refractivity contribution >= 4 is 5.91 Å². The van der Waals surface area contributed by atoms with Gasteiger partial charge in [-0.1, -0.05) is 12.1 Å².